The average Bonchev–Trinajstić information content (AvgIpc) is 2.50. The Hall–Kier alpha value is -0.0100. The van der Waals surface area contributed by atoms with Crippen LogP contribution in [0, 0.1) is 0 Å². The third-order valence-corrected chi connectivity index (χ3v) is 4.80. The van der Waals surface area contributed by atoms with Gasteiger partial charge in [0.25, 0.3) is 0 Å². The van der Waals surface area contributed by atoms with E-state index in [2.05, 4.69) is 46.8 Å². The van der Waals surface area contributed by atoms with Crippen LogP contribution in [0.5, 0.6) is 0 Å². The van der Waals surface area contributed by atoms with E-state index >= 15 is 0 Å². The molecule has 0 spiro atoms. The summed E-state index contributed by atoms with van der Waals surface area (Å²) in [6.45, 7) is 11.3. The number of hydrogen-bond acceptors (Lipinski definition) is 1. The topological polar surface area (TPSA) is 0 Å². The molecule has 0 aliphatic heterocycles. The van der Waals surface area contributed by atoms with Crippen LogP contribution in [-0.2, 0) is 10.8 Å². The van der Waals surface area contributed by atoms with E-state index in [-0.39, 0.29) is 10.8 Å². The van der Waals surface area contributed by atoms with Crippen molar-refractivity contribution in [3.8, 4) is 0 Å². The fourth-order valence-corrected chi connectivity index (χ4v) is 3.13. The molecule has 1 rings (SSSR count). The Kier molecular flexibility index (Phi) is 3.89. The van der Waals surface area contributed by atoms with E-state index in [4.69, 9.17) is 11.6 Å². The predicted octanol–water partition coefficient (Wildman–Crippen LogP) is 4.95. The van der Waals surface area contributed by atoms with Crippen molar-refractivity contribution in [3.05, 3.63) is 21.9 Å². The van der Waals surface area contributed by atoms with Crippen LogP contribution in [0.15, 0.2) is 12.1 Å². The Morgan fingerprint density at radius 3 is 2.00 bits per heavy atom. The number of rotatable bonds is 3. The number of alkyl halides is 1. The molecule has 0 bridgehead atoms. The van der Waals surface area contributed by atoms with Crippen LogP contribution in [0.3, 0.4) is 0 Å². The van der Waals surface area contributed by atoms with Gasteiger partial charge in [-0.3, -0.25) is 0 Å². The van der Waals surface area contributed by atoms with Crippen LogP contribution >= 0.6 is 22.9 Å². The van der Waals surface area contributed by atoms with Crippen LogP contribution in [0.1, 0.15) is 50.8 Å². The molecule has 0 aromatic carbocycles. The molecule has 0 N–H and O–H groups in total. The van der Waals surface area contributed by atoms with Crippen LogP contribution < -0.4 is 0 Å². The fourth-order valence-electron chi connectivity index (χ4n) is 1.46. The standard InChI is InChI=1S/C13H21ClS/c1-12(2,3)10-6-7-11(15-10)13(4,5)8-9-14/h6-7H,8-9H2,1-5H3. The molecule has 0 nitrogen and oxygen atoms in total. The minimum Gasteiger partial charge on any atom is -0.144 e. The Morgan fingerprint density at radius 2 is 1.60 bits per heavy atom. The van der Waals surface area contributed by atoms with Crippen molar-refractivity contribution in [2.45, 2.75) is 51.9 Å². The second-order valence-electron chi connectivity index (χ2n) is 5.74. The van der Waals surface area contributed by atoms with Crippen molar-refractivity contribution in [2.24, 2.45) is 0 Å². The summed E-state index contributed by atoms with van der Waals surface area (Å²) in [4.78, 5) is 2.91. The molecular formula is C13H21ClS. The van der Waals surface area contributed by atoms with E-state index in [0.29, 0.717) is 0 Å². The van der Waals surface area contributed by atoms with Crippen molar-refractivity contribution < 1.29 is 0 Å². The lowest BCUT2D eigenvalue weighted by Crippen LogP contribution is -2.15. The largest absolute Gasteiger partial charge is 0.144 e. The van der Waals surface area contributed by atoms with Gasteiger partial charge in [0.2, 0.25) is 0 Å². The lowest BCUT2D eigenvalue weighted by atomic mass is 9.88. The van der Waals surface area contributed by atoms with Crippen LogP contribution in [0.2, 0.25) is 0 Å². The number of halogens is 1. The van der Waals surface area contributed by atoms with E-state index in [1.165, 1.54) is 9.75 Å². The minimum atomic E-state index is 0.218. The first-order valence-corrected chi connectivity index (χ1v) is 6.79. The molecule has 0 saturated carbocycles. The molecule has 0 unspecified atom stereocenters. The Balaban J connectivity index is 2.94. The fraction of sp³-hybridized carbons (Fsp3) is 0.692. The number of thiophene rings is 1. The molecule has 15 heavy (non-hydrogen) atoms. The Morgan fingerprint density at radius 1 is 1.07 bits per heavy atom. The summed E-state index contributed by atoms with van der Waals surface area (Å²) < 4.78 is 0. The highest BCUT2D eigenvalue weighted by molar-refractivity contribution is 7.12. The van der Waals surface area contributed by atoms with E-state index in [1.807, 2.05) is 11.3 Å². The van der Waals surface area contributed by atoms with Crippen molar-refractivity contribution in [2.75, 3.05) is 5.88 Å². The summed E-state index contributed by atoms with van der Waals surface area (Å²) in [6.07, 6.45) is 1.04. The summed E-state index contributed by atoms with van der Waals surface area (Å²) in [7, 11) is 0. The van der Waals surface area contributed by atoms with Gasteiger partial charge in [-0.25, -0.2) is 0 Å². The van der Waals surface area contributed by atoms with Crippen LogP contribution in [-0.4, -0.2) is 5.88 Å². The van der Waals surface area contributed by atoms with E-state index in [0.717, 1.165) is 12.3 Å². The molecule has 0 atom stereocenters. The maximum Gasteiger partial charge on any atom is 0.0232 e. The van der Waals surface area contributed by atoms with Crippen molar-refractivity contribution in [3.63, 3.8) is 0 Å². The molecule has 0 fully saturated rings. The molecule has 2 heteroatoms. The van der Waals surface area contributed by atoms with Gasteiger partial charge >= 0.3 is 0 Å². The SMILES string of the molecule is CC(C)(C)c1ccc(C(C)(C)CCCl)s1. The third-order valence-electron chi connectivity index (χ3n) is 2.73. The molecule has 86 valence electrons. The van der Waals surface area contributed by atoms with Gasteiger partial charge < -0.3 is 0 Å². The van der Waals surface area contributed by atoms with Gasteiger partial charge in [-0.1, -0.05) is 34.6 Å². The second-order valence-corrected chi connectivity index (χ2v) is 7.20. The summed E-state index contributed by atoms with van der Waals surface area (Å²) in [5.74, 6) is 0.732. The van der Waals surface area contributed by atoms with Gasteiger partial charge in [0, 0.05) is 21.0 Å². The summed E-state index contributed by atoms with van der Waals surface area (Å²) in [5, 5.41) is 0. The van der Waals surface area contributed by atoms with E-state index in [1.54, 1.807) is 0 Å². The first kappa shape index (κ1) is 13.1. The zero-order chi connectivity index (χ0) is 11.7. The van der Waals surface area contributed by atoms with E-state index < -0.39 is 0 Å². The highest BCUT2D eigenvalue weighted by atomic mass is 35.5. The highest BCUT2D eigenvalue weighted by Gasteiger charge is 2.24. The first-order valence-electron chi connectivity index (χ1n) is 5.44. The summed E-state index contributed by atoms with van der Waals surface area (Å²) in [5.41, 5.74) is 0.482. The van der Waals surface area contributed by atoms with Crippen molar-refractivity contribution >= 4 is 22.9 Å². The normalized spacial score (nSPS) is 13.2. The summed E-state index contributed by atoms with van der Waals surface area (Å²) >= 11 is 7.77. The first-order chi connectivity index (χ1) is 6.77. The lowest BCUT2D eigenvalue weighted by Gasteiger charge is -2.22. The third kappa shape index (κ3) is 3.22. The zero-order valence-corrected chi connectivity index (χ0v) is 11.9. The lowest BCUT2D eigenvalue weighted by molar-refractivity contribution is 0.520. The Labute approximate surface area is 103 Å². The highest BCUT2D eigenvalue weighted by Crippen LogP contribution is 2.37. The smallest absolute Gasteiger partial charge is 0.0232 e. The van der Waals surface area contributed by atoms with E-state index in [9.17, 15) is 0 Å². The van der Waals surface area contributed by atoms with Crippen molar-refractivity contribution in [1.29, 1.82) is 0 Å². The molecule has 0 aliphatic rings. The Bertz CT molecular complexity index is 318. The molecular weight excluding hydrogens is 224 g/mol. The van der Waals surface area contributed by atoms with Crippen LogP contribution in [0.4, 0.5) is 0 Å². The molecule has 1 heterocycles. The maximum absolute atomic E-state index is 5.84. The van der Waals surface area contributed by atoms with Gasteiger partial charge in [0.05, 0.1) is 0 Å². The van der Waals surface area contributed by atoms with Gasteiger partial charge in [0.15, 0.2) is 0 Å². The molecule has 1 aromatic heterocycles. The second kappa shape index (κ2) is 4.47. The minimum absolute atomic E-state index is 0.218. The van der Waals surface area contributed by atoms with Gasteiger partial charge in [0.1, 0.15) is 0 Å². The zero-order valence-electron chi connectivity index (χ0n) is 10.4. The number of hydrogen-bond donors (Lipinski definition) is 0. The van der Waals surface area contributed by atoms with Crippen LogP contribution in [0.25, 0.3) is 0 Å². The average molecular weight is 245 g/mol. The van der Waals surface area contributed by atoms with Gasteiger partial charge in [-0.2, -0.15) is 0 Å². The molecule has 0 aliphatic carbocycles. The molecule has 0 amide bonds. The monoisotopic (exact) mass is 244 g/mol. The van der Waals surface area contributed by atoms with Gasteiger partial charge in [-0.05, 0) is 24.0 Å². The maximum atomic E-state index is 5.84. The summed E-state index contributed by atoms with van der Waals surface area (Å²) in [6, 6.07) is 4.52. The molecule has 1 aromatic rings. The molecule has 0 radical (unpaired) electrons. The van der Waals surface area contributed by atoms with Crippen molar-refractivity contribution in [1.82, 2.24) is 0 Å². The quantitative estimate of drug-likeness (QED) is 0.660. The molecule has 0 saturated heterocycles. The van der Waals surface area contributed by atoms with Gasteiger partial charge in [-0.15, -0.1) is 22.9 Å². The predicted molar refractivity (Wildman–Crippen MR) is 71.4 cm³/mol.